The maximum atomic E-state index is 10.5. The Balaban J connectivity index is 2.25. The highest BCUT2D eigenvalue weighted by molar-refractivity contribution is 7.57. The lowest BCUT2D eigenvalue weighted by atomic mass is 10.3. The molecule has 0 radical (unpaired) electrons. The van der Waals surface area contributed by atoms with E-state index in [4.69, 9.17) is 0 Å². The number of carbonyl (C=O) groups is 1. The lowest BCUT2D eigenvalue weighted by Crippen LogP contribution is -1.97. The van der Waals surface area contributed by atoms with Crippen LogP contribution in [0.3, 0.4) is 0 Å². The summed E-state index contributed by atoms with van der Waals surface area (Å²) in [5, 5.41) is 0. The van der Waals surface area contributed by atoms with Crippen LogP contribution < -0.4 is 0 Å². The SMILES string of the molecule is O=C1CCCCP1. The molecule has 0 N–H and O–H groups in total. The van der Waals surface area contributed by atoms with Crippen molar-refractivity contribution in [1.82, 2.24) is 0 Å². The van der Waals surface area contributed by atoms with Crippen molar-refractivity contribution in [2.24, 2.45) is 0 Å². The van der Waals surface area contributed by atoms with E-state index in [0.29, 0.717) is 14.1 Å². The zero-order chi connectivity index (χ0) is 5.11. The molecule has 1 atom stereocenters. The normalized spacial score (nSPS) is 26.0. The maximum Gasteiger partial charge on any atom is 0.151 e. The van der Waals surface area contributed by atoms with E-state index >= 15 is 0 Å². The summed E-state index contributed by atoms with van der Waals surface area (Å²) in [7, 11) is 0.637. The van der Waals surface area contributed by atoms with Crippen LogP contribution in [0.5, 0.6) is 0 Å². The molecular weight excluding hydrogens is 107 g/mol. The van der Waals surface area contributed by atoms with Crippen molar-refractivity contribution in [3.05, 3.63) is 0 Å². The van der Waals surface area contributed by atoms with Gasteiger partial charge in [0.05, 0.1) is 0 Å². The van der Waals surface area contributed by atoms with Gasteiger partial charge in [0, 0.05) is 6.42 Å². The molecule has 7 heavy (non-hydrogen) atoms. The first-order valence-corrected chi connectivity index (χ1v) is 3.87. The topological polar surface area (TPSA) is 17.1 Å². The second kappa shape index (κ2) is 2.42. The number of carbonyl (C=O) groups excluding carboxylic acids is 1. The van der Waals surface area contributed by atoms with Gasteiger partial charge in [0.2, 0.25) is 0 Å². The molecule has 1 unspecified atom stereocenters. The molecule has 1 saturated heterocycles. The summed E-state index contributed by atoms with van der Waals surface area (Å²) in [6, 6.07) is 0. The molecule has 0 aromatic rings. The molecule has 1 aliphatic rings. The first kappa shape index (κ1) is 5.24. The second-order valence-electron chi connectivity index (χ2n) is 1.81. The fraction of sp³-hybridized carbons (Fsp3) is 0.800. The van der Waals surface area contributed by atoms with Gasteiger partial charge in [-0.1, -0.05) is 8.58 Å². The molecular formula is C5H9OP. The van der Waals surface area contributed by atoms with E-state index in [9.17, 15) is 4.79 Å². The third-order valence-corrected chi connectivity index (χ3v) is 2.40. The molecule has 1 fully saturated rings. The molecule has 2 heteroatoms. The van der Waals surface area contributed by atoms with Crippen LogP contribution in [0.4, 0.5) is 0 Å². The first-order valence-electron chi connectivity index (χ1n) is 2.66. The zero-order valence-corrected chi connectivity index (χ0v) is 5.24. The molecule has 0 aromatic carbocycles. The minimum Gasteiger partial charge on any atom is -0.295 e. The van der Waals surface area contributed by atoms with Crippen LogP contribution in [0.25, 0.3) is 0 Å². The van der Waals surface area contributed by atoms with Crippen LogP contribution in [-0.4, -0.2) is 11.7 Å². The smallest absolute Gasteiger partial charge is 0.151 e. The summed E-state index contributed by atoms with van der Waals surface area (Å²) in [6.07, 6.45) is 4.45. The zero-order valence-electron chi connectivity index (χ0n) is 4.24. The number of hydrogen-bond donors (Lipinski definition) is 0. The fourth-order valence-electron chi connectivity index (χ4n) is 0.727. The van der Waals surface area contributed by atoms with E-state index in [1.165, 1.54) is 12.6 Å². The van der Waals surface area contributed by atoms with Gasteiger partial charge in [0.1, 0.15) is 0 Å². The molecule has 40 valence electrons. The highest BCUT2D eigenvalue weighted by Gasteiger charge is 2.05. The summed E-state index contributed by atoms with van der Waals surface area (Å²) in [5.74, 6) is 0. The Morgan fingerprint density at radius 1 is 1.43 bits per heavy atom. The Hall–Kier alpha value is 0.100. The van der Waals surface area contributed by atoms with E-state index < -0.39 is 0 Å². The van der Waals surface area contributed by atoms with Crippen LogP contribution in [0.2, 0.25) is 0 Å². The molecule has 1 heterocycles. The molecule has 0 aliphatic carbocycles. The van der Waals surface area contributed by atoms with E-state index in [1.54, 1.807) is 0 Å². The van der Waals surface area contributed by atoms with Gasteiger partial charge < -0.3 is 0 Å². The molecule has 1 nitrogen and oxygen atoms in total. The number of hydrogen-bond acceptors (Lipinski definition) is 1. The van der Waals surface area contributed by atoms with Gasteiger partial charge in [0.25, 0.3) is 0 Å². The minimum absolute atomic E-state index is 0.492. The van der Waals surface area contributed by atoms with Gasteiger partial charge in [-0.05, 0) is 19.0 Å². The Bertz CT molecular complexity index is 72.1. The van der Waals surface area contributed by atoms with Crippen molar-refractivity contribution in [3.8, 4) is 0 Å². The predicted octanol–water partition coefficient (Wildman–Crippen LogP) is 1.38. The van der Waals surface area contributed by atoms with E-state index in [0.717, 1.165) is 12.8 Å². The molecule has 1 rings (SSSR count). The predicted molar refractivity (Wildman–Crippen MR) is 32.0 cm³/mol. The molecule has 1 aliphatic heterocycles. The van der Waals surface area contributed by atoms with Gasteiger partial charge >= 0.3 is 0 Å². The maximum absolute atomic E-state index is 10.5. The van der Waals surface area contributed by atoms with E-state index in [1.807, 2.05) is 0 Å². The van der Waals surface area contributed by atoms with Crippen molar-refractivity contribution in [2.45, 2.75) is 19.3 Å². The van der Waals surface area contributed by atoms with Crippen LogP contribution >= 0.6 is 8.58 Å². The van der Waals surface area contributed by atoms with Gasteiger partial charge in [-0.25, -0.2) is 0 Å². The van der Waals surface area contributed by atoms with E-state index in [2.05, 4.69) is 0 Å². The second-order valence-corrected chi connectivity index (χ2v) is 3.22. The summed E-state index contributed by atoms with van der Waals surface area (Å²) in [4.78, 5) is 10.5. The van der Waals surface area contributed by atoms with Gasteiger partial charge in [0.15, 0.2) is 5.52 Å². The van der Waals surface area contributed by atoms with Crippen molar-refractivity contribution < 1.29 is 4.79 Å². The summed E-state index contributed by atoms with van der Waals surface area (Å²) in [6.45, 7) is 0. The van der Waals surface area contributed by atoms with Gasteiger partial charge in [-0.3, -0.25) is 4.79 Å². The lowest BCUT2D eigenvalue weighted by molar-refractivity contribution is -0.111. The largest absolute Gasteiger partial charge is 0.295 e. The highest BCUT2D eigenvalue weighted by Crippen LogP contribution is 2.23. The van der Waals surface area contributed by atoms with Crippen molar-refractivity contribution >= 4 is 14.1 Å². The van der Waals surface area contributed by atoms with Crippen molar-refractivity contribution in [3.63, 3.8) is 0 Å². The third kappa shape index (κ3) is 1.56. The summed E-state index contributed by atoms with van der Waals surface area (Å²) < 4.78 is 0. The molecule has 0 spiro atoms. The van der Waals surface area contributed by atoms with Crippen molar-refractivity contribution in [2.75, 3.05) is 6.16 Å². The van der Waals surface area contributed by atoms with Gasteiger partial charge in [-0.15, -0.1) is 0 Å². The lowest BCUT2D eigenvalue weighted by Gasteiger charge is -2.05. The Morgan fingerprint density at radius 2 is 2.29 bits per heavy atom. The molecule has 0 saturated carbocycles. The third-order valence-electron chi connectivity index (χ3n) is 1.15. The van der Waals surface area contributed by atoms with Crippen LogP contribution in [-0.2, 0) is 4.79 Å². The standard InChI is InChI=1S/C5H9OP/c6-5-3-1-2-4-7-5/h7H,1-4H2. The van der Waals surface area contributed by atoms with E-state index in [-0.39, 0.29) is 0 Å². The van der Waals surface area contributed by atoms with Crippen LogP contribution in [0, 0.1) is 0 Å². The average Bonchev–Trinajstić information content (AvgIpc) is 1.69. The van der Waals surface area contributed by atoms with Crippen LogP contribution in [0.15, 0.2) is 0 Å². The fourth-order valence-corrected chi connectivity index (χ4v) is 1.79. The monoisotopic (exact) mass is 116 g/mol. The highest BCUT2D eigenvalue weighted by atomic mass is 31.1. The van der Waals surface area contributed by atoms with Crippen molar-refractivity contribution in [1.29, 1.82) is 0 Å². The summed E-state index contributed by atoms with van der Waals surface area (Å²) >= 11 is 0. The quantitative estimate of drug-likeness (QED) is 0.437. The molecule has 0 aromatic heterocycles. The number of rotatable bonds is 0. The first-order chi connectivity index (χ1) is 3.39. The average molecular weight is 116 g/mol. The minimum atomic E-state index is 0.492. The molecule has 0 bridgehead atoms. The van der Waals surface area contributed by atoms with Gasteiger partial charge in [-0.2, -0.15) is 0 Å². The summed E-state index contributed by atoms with van der Waals surface area (Å²) in [5.41, 5.74) is 0.492. The Morgan fingerprint density at radius 3 is 2.57 bits per heavy atom. The Kier molecular flexibility index (Phi) is 1.81. The van der Waals surface area contributed by atoms with Crippen LogP contribution in [0.1, 0.15) is 19.3 Å². The molecule has 0 amide bonds. The Labute approximate surface area is 45.3 Å².